The fourth-order valence-corrected chi connectivity index (χ4v) is 4.61. The van der Waals surface area contributed by atoms with Crippen LogP contribution in [0.1, 0.15) is 36.3 Å². The molecule has 3 unspecified atom stereocenters. The van der Waals surface area contributed by atoms with Crippen LogP contribution in [0.5, 0.6) is 0 Å². The molecule has 4 rings (SSSR count). The number of carboxylic acid groups (broad SMARTS) is 1. The Kier molecular flexibility index (Phi) is 7.11. The summed E-state index contributed by atoms with van der Waals surface area (Å²) in [6.07, 6.45) is 5.62. The molecule has 0 spiro atoms. The number of carbonyl (C=O) groups is 3. The highest BCUT2D eigenvalue weighted by Crippen LogP contribution is 2.44. The number of rotatable bonds is 9. The molecule has 2 aromatic carbocycles. The van der Waals surface area contributed by atoms with Crippen LogP contribution in [0.4, 0.5) is 4.79 Å². The number of allylic oxidation sites excluding steroid dienone is 1. The second kappa shape index (κ2) is 10.4. The minimum absolute atomic E-state index is 0.0284. The quantitative estimate of drug-likeness (QED) is 0.491. The summed E-state index contributed by atoms with van der Waals surface area (Å²) in [6, 6.07) is 14.9. The molecule has 2 aliphatic rings. The molecule has 2 amide bonds. The van der Waals surface area contributed by atoms with Crippen LogP contribution < -0.4 is 10.6 Å². The second-order valence-corrected chi connectivity index (χ2v) is 8.57. The Morgan fingerprint density at radius 2 is 1.71 bits per heavy atom. The van der Waals surface area contributed by atoms with Gasteiger partial charge in [0.15, 0.2) is 0 Å². The first-order chi connectivity index (χ1) is 16.5. The Morgan fingerprint density at radius 1 is 1.06 bits per heavy atom. The summed E-state index contributed by atoms with van der Waals surface area (Å²) in [7, 11) is 0. The van der Waals surface area contributed by atoms with Gasteiger partial charge in [-0.25, -0.2) is 9.59 Å². The molecule has 3 N–H and O–H groups in total. The maximum absolute atomic E-state index is 12.5. The number of aliphatic carboxylic acids is 1. The van der Waals surface area contributed by atoms with Crippen molar-refractivity contribution in [3.8, 4) is 11.1 Å². The standard InChI is InChI=1S/C27H28N2O5/c1-2-3-12-24(26(31)32)29-25(30)17-13-14-18(15-17)28-27(33)34-16-23-21-10-6-4-8-19(21)20-9-5-7-11-22(20)23/h2,4-11,13-14,17-18,23-24H,1,3,12,15-16H2,(H,28,33)(H,29,30)(H,31,32). The van der Waals surface area contributed by atoms with Crippen molar-refractivity contribution in [2.75, 3.05) is 6.61 Å². The summed E-state index contributed by atoms with van der Waals surface area (Å²) in [5.41, 5.74) is 4.59. The van der Waals surface area contributed by atoms with E-state index in [4.69, 9.17) is 4.74 Å². The van der Waals surface area contributed by atoms with Crippen molar-refractivity contribution in [2.24, 2.45) is 5.92 Å². The van der Waals surface area contributed by atoms with E-state index in [1.54, 1.807) is 18.2 Å². The number of benzene rings is 2. The smallest absolute Gasteiger partial charge is 0.407 e. The molecule has 0 aromatic heterocycles. The van der Waals surface area contributed by atoms with Gasteiger partial charge in [-0.2, -0.15) is 0 Å². The number of ether oxygens (including phenoxy) is 1. The van der Waals surface area contributed by atoms with Gasteiger partial charge in [0.2, 0.25) is 5.91 Å². The lowest BCUT2D eigenvalue weighted by Gasteiger charge is -2.18. The molecule has 7 heteroatoms. The molecule has 7 nitrogen and oxygen atoms in total. The van der Waals surface area contributed by atoms with Gasteiger partial charge in [0.25, 0.3) is 0 Å². The van der Waals surface area contributed by atoms with Crippen LogP contribution in [0.3, 0.4) is 0 Å². The molecule has 0 radical (unpaired) electrons. The van der Waals surface area contributed by atoms with Crippen molar-refractivity contribution >= 4 is 18.0 Å². The lowest BCUT2D eigenvalue weighted by atomic mass is 9.98. The first-order valence-electron chi connectivity index (χ1n) is 11.4. The molecule has 0 saturated heterocycles. The first-order valence-corrected chi connectivity index (χ1v) is 11.4. The van der Waals surface area contributed by atoms with Crippen molar-refractivity contribution in [1.82, 2.24) is 10.6 Å². The zero-order chi connectivity index (χ0) is 24.1. The fraction of sp³-hybridized carbons (Fsp3) is 0.296. The van der Waals surface area contributed by atoms with Crippen molar-refractivity contribution in [3.05, 3.63) is 84.5 Å². The van der Waals surface area contributed by atoms with Gasteiger partial charge >= 0.3 is 12.1 Å². The monoisotopic (exact) mass is 460 g/mol. The zero-order valence-electron chi connectivity index (χ0n) is 18.8. The number of fused-ring (bicyclic) bond motifs is 3. The molecular formula is C27H28N2O5. The molecule has 3 atom stereocenters. The highest BCUT2D eigenvalue weighted by molar-refractivity contribution is 5.86. The highest BCUT2D eigenvalue weighted by atomic mass is 16.5. The number of nitrogens with one attached hydrogen (secondary N) is 2. The Hall–Kier alpha value is -3.87. The molecule has 0 saturated carbocycles. The predicted octanol–water partition coefficient (Wildman–Crippen LogP) is 4.01. The van der Waals surface area contributed by atoms with Gasteiger partial charge in [0, 0.05) is 5.92 Å². The molecule has 0 bridgehead atoms. The van der Waals surface area contributed by atoms with Gasteiger partial charge in [0.05, 0.1) is 12.0 Å². The molecule has 0 fully saturated rings. The van der Waals surface area contributed by atoms with Crippen LogP contribution in [-0.4, -0.2) is 41.8 Å². The maximum Gasteiger partial charge on any atom is 0.407 e. The summed E-state index contributed by atoms with van der Waals surface area (Å²) in [5.74, 6) is -1.99. The summed E-state index contributed by atoms with van der Waals surface area (Å²) in [4.78, 5) is 36.3. The maximum atomic E-state index is 12.5. The minimum Gasteiger partial charge on any atom is -0.480 e. The van der Waals surface area contributed by atoms with Gasteiger partial charge in [-0.15, -0.1) is 6.58 Å². The van der Waals surface area contributed by atoms with E-state index in [0.717, 1.165) is 22.3 Å². The number of alkyl carbamates (subject to hydrolysis) is 1. The number of carbonyl (C=O) groups excluding carboxylic acids is 2. The zero-order valence-corrected chi connectivity index (χ0v) is 18.8. The van der Waals surface area contributed by atoms with E-state index >= 15 is 0 Å². The third kappa shape index (κ3) is 5.03. The van der Waals surface area contributed by atoms with Gasteiger partial charge in [-0.1, -0.05) is 66.8 Å². The Bertz CT molecular complexity index is 1080. The molecular weight excluding hydrogens is 432 g/mol. The summed E-state index contributed by atoms with van der Waals surface area (Å²) in [5, 5.41) is 14.6. The van der Waals surface area contributed by atoms with E-state index in [2.05, 4.69) is 41.5 Å². The Morgan fingerprint density at radius 3 is 2.32 bits per heavy atom. The summed E-state index contributed by atoms with van der Waals surface area (Å²) < 4.78 is 5.57. The van der Waals surface area contributed by atoms with E-state index in [-0.39, 0.29) is 30.9 Å². The van der Waals surface area contributed by atoms with Crippen molar-refractivity contribution in [3.63, 3.8) is 0 Å². The average molecular weight is 461 g/mol. The Labute approximate surface area is 198 Å². The molecule has 0 aliphatic heterocycles. The van der Waals surface area contributed by atoms with Gasteiger partial charge in [0.1, 0.15) is 12.6 Å². The Balaban J connectivity index is 1.29. The van der Waals surface area contributed by atoms with E-state index in [1.165, 1.54) is 0 Å². The van der Waals surface area contributed by atoms with Gasteiger partial charge in [-0.3, -0.25) is 4.79 Å². The fourth-order valence-electron chi connectivity index (χ4n) is 4.61. The molecule has 176 valence electrons. The molecule has 0 heterocycles. The third-order valence-electron chi connectivity index (χ3n) is 6.34. The van der Waals surface area contributed by atoms with Crippen molar-refractivity contribution in [1.29, 1.82) is 0 Å². The largest absolute Gasteiger partial charge is 0.480 e. The predicted molar refractivity (Wildman–Crippen MR) is 128 cm³/mol. The van der Waals surface area contributed by atoms with E-state index in [9.17, 15) is 19.5 Å². The van der Waals surface area contributed by atoms with E-state index in [1.807, 2.05) is 24.3 Å². The second-order valence-electron chi connectivity index (χ2n) is 8.57. The first kappa shape index (κ1) is 23.3. The number of carboxylic acids is 1. The van der Waals surface area contributed by atoms with Crippen LogP contribution in [-0.2, 0) is 14.3 Å². The highest BCUT2D eigenvalue weighted by Gasteiger charge is 2.31. The average Bonchev–Trinajstić information content (AvgIpc) is 3.43. The van der Waals surface area contributed by atoms with E-state index < -0.39 is 24.0 Å². The lowest BCUT2D eigenvalue weighted by molar-refractivity contribution is -0.142. The van der Waals surface area contributed by atoms with Crippen LogP contribution in [0.2, 0.25) is 0 Å². The third-order valence-corrected chi connectivity index (χ3v) is 6.34. The van der Waals surface area contributed by atoms with Crippen LogP contribution in [0, 0.1) is 5.92 Å². The van der Waals surface area contributed by atoms with Gasteiger partial charge in [-0.05, 0) is 41.5 Å². The molecule has 2 aliphatic carbocycles. The lowest BCUT2D eigenvalue weighted by Crippen LogP contribution is -2.43. The topological polar surface area (TPSA) is 105 Å². The molecule has 34 heavy (non-hydrogen) atoms. The van der Waals surface area contributed by atoms with Crippen LogP contribution in [0.25, 0.3) is 11.1 Å². The van der Waals surface area contributed by atoms with Gasteiger partial charge < -0.3 is 20.5 Å². The van der Waals surface area contributed by atoms with Crippen LogP contribution in [0.15, 0.2) is 73.3 Å². The number of hydrogen-bond acceptors (Lipinski definition) is 4. The van der Waals surface area contributed by atoms with Crippen LogP contribution >= 0.6 is 0 Å². The van der Waals surface area contributed by atoms with Crippen molar-refractivity contribution in [2.45, 2.75) is 37.3 Å². The minimum atomic E-state index is -1.08. The number of hydrogen-bond donors (Lipinski definition) is 3. The number of amides is 2. The summed E-state index contributed by atoms with van der Waals surface area (Å²) >= 11 is 0. The normalized spacial score (nSPS) is 19.1. The summed E-state index contributed by atoms with van der Waals surface area (Å²) in [6.45, 7) is 3.79. The van der Waals surface area contributed by atoms with E-state index in [0.29, 0.717) is 12.8 Å². The molecule has 2 aromatic rings. The SMILES string of the molecule is C=CCCC(NC(=O)C1C=CC(NC(=O)OCC2c3ccccc3-c3ccccc32)C1)C(=O)O. The van der Waals surface area contributed by atoms with Crippen molar-refractivity contribution < 1.29 is 24.2 Å².